The highest BCUT2D eigenvalue weighted by atomic mass is 32.2. The molecule has 0 aliphatic heterocycles. The molecule has 0 saturated carbocycles. The van der Waals surface area contributed by atoms with Gasteiger partial charge in [-0.15, -0.1) is 10.2 Å². The number of hydrazone groups is 1. The molecule has 7 heteroatoms. The quantitative estimate of drug-likeness (QED) is 0.240. The average molecular weight is 442 g/mol. The van der Waals surface area contributed by atoms with Crippen molar-refractivity contribution in [2.24, 2.45) is 5.10 Å². The van der Waals surface area contributed by atoms with Gasteiger partial charge in [-0.3, -0.25) is 4.79 Å². The van der Waals surface area contributed by atoms with Crippen LogP contribution in [0.4, 0.5) is 0 Å². The lowest BCUT2D eigenvalue weighted by Gasteiger charge is -2.06. The lowest BCUT2D eigenvalue weighted by molar-refractivity contribution is -0.118. The summed E-state index contributed by atoms with van der Waals surface area (Å²) in [4.78, 5) is 12.2. The number of nitrogens with one attached hydrogen (secondary N) is 1. The lowest BCUT2D eigenvalue weighted by Crippen LogP contribution is -2.20. The summed E-state index contributed by atoms with van der Waals surface area (Å²) in [6.07, 6.45) is 1.64. The molecule has 0 unspecified atom stereocenters. The number of hydrogen-bond acceptors (Lipinski definition) is 5. The number of hydrogen-bond donors (Lipinski definition) is 1. The van der Waals surface area contributed by atoms with Crippen molar-refractivity contribution in [3.8, 4) is 22.5 Å². The molecule has 0 aliphatic carbocycles. The molecule has 1 heterocycles. The smallest absolute Gasteiger partial charge is 0.250 e. The molecule has 1 N–H and O–H groups in total. The molecular formula is C25H23N5OS. The zero-order valence-electron chi connectivity index (χ0n) is 17.7. The fourth-order valence-corrected chi connectivity index (χ4v) is 4.01. The Balaban J connectivity index is 1.31. The minimum Gasteiger partial charge on any atom is -0.302 e. The second-order valence-corrected chi connectivity index (χ2v) is 7.93. The first kappa shape index (κ1) is 21.5. The second kappa shape index (κ2) is 10.5. The van der Waals surface area contributed by atoms with E-state index >= 15 is 0 Å². The Morgan fingerprint density at radius 1 is 0.906 bits per heavy atom. The molecule has 4 rings (SSSR count). The fourth-order valence-electron chi connectivity index (χ4n) is 3.21. The Morgan fingerprint density at radius 3 is 2.19 bits per heavy atom. The fraction of sp³-hybridized carbons (Fsp3) is 0.120. The highest BCUT2D eigenvalue weighted by Gasteiger charge is 2.14. The van der Waals surface area contributed by atoms with E-state index in [2.05, 4.69) is 32.9 Å². The SMILES string of the molecule is CCn1c(SCC(=O)N/N=C/c2ccc(-c3ccccc3)cc2)nnc1-c1ccccc1. The van der Waals surface area contributed by atoms with Crippen molar-refractivity contribution >= 4 is 23.9 Å². The van der Waals surface area contributed by atoms with Crippen LogP contribution >= 0.6 is 11.8 Å². The number of aromatic nitrogens is 3. The van der Waals surface area contributed by atoms with Crippen molar-refractivity contribution in [3.63, 3.8) is 0 Å². The van der Waals surface area contributed by atoms with Crippen molar-refractivity contribution < 1.29 is 4.79 Å². The Kier molecular flexibility index (Phi) is 7.09. The lowest BCUT2D eigenvalue weighted by atomic mass is 10.0. The summed E-state index contributed by atoms with van der Waals surface area (Å²) in [5.74, 6) is 0.809. The molecule has 0 spiro atoms. The number of amides is 1. The van der Waals surface area contributed by atoms with Gasteiger partial charge >= 0.3 is 0 Å². The molecule has 160 valence electrons. The van der Waals surface area contributed by atoms with Gasteiger partial charge in [0.1, 0.15) is 0 Å². The molecule has 1 aromatic heterocycles. The molecule has 0 radical (unpaired) electrons. The minimum absolute atomic E-state index is 0.195. The predicted octanol–water partition coefficient (Wildman–Crippen LogP) is 4.87. The van der Waals surface area contributed by atoms with Gasteiger partial charge in [-0.2, -0.15) is 5.10 Å². The van der Waals surface area contributed by atoms with Gasteiger partial charge in [0.05, 0.1) is 12.0 Å². The van der Waals surface area contributed by atoms with E-state index in [1.165, 1.54) is 11.8 Å². The van der Waals surface area contributed by atoms with E-state index in [9.17, 15) is 4.79 Å². The molecule has 0 bridgehead atoms. The summed E-state index contributed by atoms with van der Waals surface area (Å²) < 4.78 is 2.00. The molecule has 0 fully saturated rings. The maximum absolute atomic E-state index is 12.2. The van der Waals surface area contributed by atoms with Gasteiger partial charge in [0.2, 0.25) is 0 Å². The first-order chi connectivity index (χ1) is 15.7. The first-order valence-electron chi connectivity index (χ1n) is 10.3. The molecule has 4 aromatic rings. The monoisotopic (exact) mass is 441 g/mol. The van der Waals surface area contributed by atoms with Gasteiger partial charge < -0.3 is 4.57 Å². The van der Waals surface area contributed by atoms with Crippen LogP contribution in [0.3, 0.4) is 0 Å². The van der Waals surface area contributed by atoms with Crippen LogP contribution in [0.15, 0.2) is 95.2 Å². The highest BCUT2D eigenvalue weighted by Crippen LogP contribution is 2.23. The van der Waals surface area contributed by atoms with Crippen LogP contribution in [0.1, 0.15) is 12.5 Å². The van der Waals surface area contributed by atoms with Gasteiger partial charge in [-0.1, -0.05) is 96.7 Å². The van der Waals surface area contributed by atoms with E-state index in [1.807, 2.05) is 84.3 Å². The number of carbonyl (C=O) groups is 1. The van der Waals surface area contributed by atoms with Crippen LogP contribution < -0.4 is 5.43 Å². The topological polar surface area (TPSA) is 72.2 Å². The third-order valence-corrected chi connectivity index (χ3v) is 5.78. The van der Waals surface area contributed by atoms with Gasteiger partial charge in [0, 0.05) is 12.1 Å². The van der Waals surface area contributed by atoms with E-state index in [0.29, 0.717) is 5.16 Å². The number of benzene rings is 3. The summed E-state index contributed by atoms with van der Waals surface area (Å²) in [5, 5.41) is 13.3. The second-order valence-electron chi connectivity index (χ2n) is 6.99. The van der Waals surface area contributed by atoms with Crippen molar-refractivity contribution in [2.75, 3.05) is 5.75 Å². The maximum Gasteiger partial charge on any atom is 0.250 e. The summed E-state index contributed by atoms with van der Waals surface area (Å²) >= 11 is 1.34. The molecule has 1 amide bonds. The molecule has 32 heavy (non-hydrogen) atoms. The standard InChI is InChI=1S/C25H23N5OS/c1-2-30-24(22-11-7-4-8-12-22)28-29-25(30)32-18-23(31)27-26-17-19-13-15-21(16-14-19)20-9-5-3-6-10-20/h3-17H,2,18H2,1H3,(H,27,31)/b26-17+. The van der Waals surface area contributed by atoms with Gasteiger partial charge in [0.25, 0.3) is 5.91 Å². The number of thioether (sulfide) groups is 1. The van der Waals surface area contributed by atoms with Gasteiger partial charge in [-0.05, 0) is 23.6 Å². The normalized spacial score (nSPS) is 11.0. The van der Waals surface area contributed by atoms with E-state index in [4.69, 9.17) is 0 Å². The third-order valence-electron chi connectivity index (χ3n) is 4.82. The summed E-state index contributed by atoms with van der Waals surface area (Å²) in [6.45, 7) is 2.76. The van der Waals surface area contributed by atoms with Crippen molar-refractivity contribution in [1.29, 1.82) is 0 Å². The van der Waals surface area contributed by atoms with Crippen molar-refractivity contribution in [2.45, 2.75) is 18.6 Å². The van der Waals surface area contributed by atoms with E-state index in [0.717, 1.165) is 34.6 Å². The van der Waals surface area contributed by atoms with Crippen molar-refractivity contribution in [1.82, 2.24) is 20.2 Å². The van der Waals surface area contributed by atoms with Crippen molar-refractivity contribution in [3.05, 3.63) is 90.5 Å². The van der Waals surface area contributed by atoms with E-state index in [1.54, 1.807) is 6.21 Å². The number of carbonyl (C=O) groups excluding carboxylic acids is 1. The largest absolute Gasteiger partial charge is 0.302 e. The van der Waals surface area contributed by atoms with Gasteiger partial charge in [-0.25, -0.2) is 5.43 Å². The molecule has 6 nitrogen and oxygen atoms in total. The van der Waals surface area contributed by atoms with E-state index in [-0.39, 0.29) is 11.7 Å². The zero-order chi connectivity index (χ0) is 22.2. The highest BCUT2D eigenvalue weighted by molar-refractivity contribution is 7.99. The summed E-state index contributed by atoms with van der Waals surface area (Å²) in [6, 6.07) is 28.1. The van der Waals surface area contributed by atoms with Crippen LogP contribution in [-0.2, 0) is 11.3 Å². The number of nitrogens with zero attached hydrogens (tertiary/aromatic N) is 4. The van der Waals surface area contributed by atoms with Crippen LogP contribution in [0.2, 0.25) is 0 Å². The average Bonchev–Trinajstić information content (AvgIpc) is 3.27. The Bertz CT molecular complexity index is 1190. The Hall–Kier alpha value is -3.71. The maximum atomic E-state index is 12.2. The number of rotatable bonds is 8. The summed E-state index contributed by atoms with van der Waals surface area (Å²) in [5.41, 5.74) is 6.79. The third kappa shape index (κ3) is 5.31. The van der Waals surface area contributed by atoms with Crippen LogP contribution in [-0.4, -0.2) is 32.6 Å². The molecule has 0 aliphatic rings. The molecule has 0 atom stereocenters. The molecular weight excluding hydrogens is 418 g/mol. The van der Waals surface area contributed by atoms with Crippen LogP contribution in [0.25, 0.3) is 22.5 Å². The Labute approximate surface area is 191 Å². The van der Waals surface area contributed by atoms with Crippen LogP contribution in [0.5, 0.6) is 0 Å². The van der Waals surface area contributed by atoms with Crippen LogP contribution in [0, 0.1) is 0 Å². The molecule has 0 saturated heterocycles. The first-order valence-corrected chi connectivity index (χ1v) is 11.3. The zero-order valence-corrected chi connectivity index (χ0v) is 18.5. The van der Waals surface area contributed by atoms with Gasteiger partial charge in [0.15, 0.2) is 11.0 Å². The predicted molar refractivity (Wildman–Crippen MR) is 129 cm³/mol. The van der Waals surface area contributed by atoms with E-state index < -0.39 is 0 Å². The minimum atomic E-state index is -0.195. The molecule has 3 aromatic carbocycles. The Morgan fingerprint density at radius 2 is 1.53 bits per heavy atom. The summed E-state index contributed by atoms with van der Waals surface area (Å²) in [7, 11) is 0.